The highest BCUT2D eigenvalue weighted by Crippen LogP contribution is 2.35. The average molecular weight is 485 g/mol. The van der Waals surface area contributed by atoms with Crippen molar-refractivity contribution >= 4 is 56.5 Å². The van der Waals surface area contributed by atoms with Crippen molar-refractivity contribution in [2.75, 3.05) is 20.8 Å². The van der Waals surface area contributed by atoms with E-state index >= 15 is 0 Å². The Labute approximate surface area is 187 Å². The Hall–Kier alpha value is -3.02. The molecule has 0 N–H and O–H groups in total. The molecule has 1 saturated heterocycles. The predicted octanol–water partition coefficient (Wildman–Crippen LogP) is 4.48. The molecular weight excluding hydrogens is 468 g/mol. The summed E-state index contributed by atoms with van der Waals surface area (Å²) >= 11 is 4.69. The van der Waals surface area contributed by atoms with Crippen molar-refractivity contribution in [1.82, 2.24) is 4.90 Å². The molecule has 6 nitrogen and oxygen atoms in total. The summed E-state index contributed by atoms with van der Waals surface area (Å²) in [4.78, 5) is 30.8. The molecule has 152 valence electrons. The summed E-state index contributed by atoms with van der Waals surface area (Å²) in [5, 5.41) is 0.526. The third-order valence-corrected chi connectivity index (χ3v) is 5.64. The van der Waals surface area contributed by atoms with E-state index in [1.165, 1.54) is 23.8 Å². The van der Waals surface area contributed by atoms with E-state index in [1.54, 1.807) is 43.5 Å². The van der Waals surface area contributed by atoms with Gasteiger partial charge in [-0.1, -0.05) is 21.9 Å². The summed E-state index contributed by atoms with van der Waals surface area (Å²) in [5.74, 6) is 2.43. The molecule has 0 aromatic heterocycles. The molecule has 30 heavy (non-hydrogen) atoms. The van der Waals surface area contributed by atoms with Gasteiger partial charge in [0.05, 0.1) is 23.3 Å². The van der Waals surface area contributed by atoms with Crippen LogP contribution in [0.4, 0.5) is 5.69 Å². The molecule has 3 rings (SSSR count). The maximum absolute atomic E-state index is 12.7. The lowest BCUT2D eigenvalue weighted by Gasteiger charge is -2.08. The number of hydrogen-bond acceptors (Lipinski definition) is 6. The fourth-order valence-electron chi connectivity index (χ4n) is 2.58. The molecule has 1 fully saturated rings. The SMILES string of the molecule is C#CCOc1ccc(Br)cc1/C=C1\SC(=Nc2ccc(C(=O)OC)cc2)N(C)C1=O. The van der Waals surface area contributed by atoms with Crippen LogP contribution in [0, 0.1) is 12.3 Å². The van der Waals surface area contributed by atoms with Crippen molar-refractivity contribution in [3.63, 3.8) is 0 Å². The molecule has 0 spiro atoms. The number of esters is 1. The monoisotopic (exact) mass is 484 g/mol. The minimum Gasteiger partial charge on any atom is -0.480 e. The Bertz CT molecular complexity index is 1090. The van der Waals surface area contributed by atoms with E-state index in [2.05, 4.69) is 26.8 Å². The van der Waals surface area contributed by atoms with Crippen LogP contribution in [0.15, 0.2) is 56.8 Å². The molecule has 2 aromatic carbocycles. The number of hydrogen-bond donors (Lipinski definition) is 0. The van der Waals surface area contributed by atoms with Crippen molar-refractivity contribution in [2.24, 2.45) is 4.99 Å². The number of aliphatic imine (C=N–C) groups is 1. The molecule has 1 aliphatic heterocycles. The van der Waals surface area contributed by atoms with Gasteiger partial charge in [0.1, 0.15) is 12.4 Å². The number of carbonyl (C=O) groups excluding carboxylic acids is 2. The molecule has 1 heterocycles. The van der Waals surface area contributed by atoms with Crippen molar-refractivity contribution < 1.29 is 19.1 Å². The number of ether oxygens (including phenoxy) is 2. The number of rotatable bonds is 5. The maximum Gasteiger partial charge on any atom is 0.337 e. The van der Waals surface area contributed by atoms with Gasteiger partial charge in [-0.2, -0.15) is 0 Å². The molecule has 0 saturated carbocycles. The molecule has 0 aliphatic carbocycles. The number of methoxy groups -OCH3 is 1. The topological polar surface area (TPSA) is 68.2 Å². The van der Waals surface area contributed by atoms with E-state index < -0.39 is 5.97 Å². The van der Waals surface area contributed by atoms with Crippen LogP contribution in [0.2, 0.25) is 0 Å². The first-order valence-corrected chi connectivity index (χ1v) is 10.3. The second kappa shape index (κ2) is 9.65. The largest absolute Gasteiger partial charge is 0.480 e. The van der Waals surface area contributed by atoms with Crippen LogP contribution >= 0.6 is 27.7 Å². The fraction of sp³-hybridized carbons (Fsp3) is 0.136. The molecule has 0 atom stereocenters. The summed E-state index contributed by atoms with van der Waals surface area (Å²) in [6.07, 6.45) is 7.03. The van der Waals surface area contributed by atoms with Gasteiger partial charge in [-0.3, -0.25) is 9.69 Å². The van der Waals surface area contributed by atoms with Crippen LogP contribution in [-0.2, 0) is 9.53 Å². The normalized spacial score (nSPS) is 16.1. The number of halogens is 1. The van der Waals surface area contributed by atoms with Gasteiger partial charge in [-0.25, -0.2) is 9.79 Å². The summed E-state index contributed by atoms with van der Waals surface area (Å²) in [7, 11) is 2.99. The third-order valence-electron chi connectivity index (χ3n) is 4.09. The zero-order valence-electron chi connectivity index (χ0n) is 16.2. The Kier molecular flexibility index (Phi) is 6.98. The van der Waals surface area contributed by atoms with Gasteiger partial charge < -0.3 is 9.47 Å². The zero-order chi connectivity index (χ0) is 21.7. The number of amidine groups is 1. The summed E-state index contributed by atoms with van der Waals surface area (Å²) in [6, 6.07) is 12.1. The van der Waals surface area contributed by atoms with Gasteiger partial charge in [-0.05, 0) is 60.3 Å². The second-order valence-corrected chi connectivity index (χ2v) is 8.01. The first-order valence-electron chi connectivity index (χ1n) is 8.73. The first-order chi connectivity index (χ1) is 14.4. The maximum atomic E-state index is 12.7. The van der Waals surface area contributed by atoms with Crippen LogP contribution in [0.3, 0.4) is 0 Å². The van der Waals surface area contributed by atoms with Crippen LogP contribution < -0.4 is 4.74 Å². The number of benzene rings is 2. The number of amides is 1. The first kappa shape index (κ1) is 21.7. The Morgan fingerprint density at radius 1 is 1.30 bits per heavy atom. The number of terminal acetylenes is 1. The lowest BCUT2D eigenvalue weighted by atomic mass is 10.2. The van der Waals surface area contributed by atoms with Crippen LogP contribution in [0.25, 0.3) is 6.08 Å². The highest BCUT2D eigenvalue weighted by atomic mass is 79.9. The van der Waals surface area contributed by atoms with E-state index in [0.29, 0.717) is 27.1 Å². The number of nitrogens with zero attached hydrogens (tertiary/aromatic N) is 2. The van der Waals surface area contributed by atoms with Crippen molar-refractivity contribution in [1.29, 1.82) is 0 Å². The van der Waals surface area contributed by atoms with E-state index in [0.717, 1.165) is 10.0 Å². The molecule has 0 radical (unpaired) electrons. The number of likely N-dealkylation sites (N-methyl/N-ethyl adjacent to an activating group) is 1. The van der Waals surface area contributed by atoms with Gasteiger partial charge >= 0.3 is 5.97 Å². The van der Waals surface area contributed by atoms with Crippen molar-refractivity contribution in [3.8, 4) is 18.1 Å². The number of thioether (sulfide) groups is 1. The van der Waals surface area contributed by atoms with E-state index in [1.807, 2.05) is 12.1 Å². The van der Waals surface area contributed by atoms with Gasteiger partial charge in [0, 0.05) is 17.1 Å². The van der Waals surface area contributed by atoms with E-state index in [-0.39, 0.29) is 12.5 Å². The van der Waals surface area contributed by atoms with Crippen molar-refractivity contribution in [2.45, 2.75) is 0 Å². The molecule has 0 unspecified atom stereocenters. The van der Waals surface area contributed by atoms with E-state index in [4.69, 9.17) is 15.9 Å². The van der Waals surface area contributed by atoms with Crippen LogP contribution in [0.1, 0.15) is 15.9 Å². The Balaban J connectivity index is 1.88. The quantitative estimate of drug-likeness (QED) is 0.355. The molecule has 0 bridgehead atoms. The highest BCUT2D eigenvalue weighted by Gasteiger charge is 2.30. The predicted molar refractivity (Wildman–Crippen MR) is 122 cm³/mol. The third kappa shape index (κ3) is 4.93. The standard InChI is InChI=1S/C22H17BrN2O4S/c1-4-11-29-18-10-7-16(23)12-15(18)13-19-20(26)25(2)22(30-19)24-17-8-5-14(6-9-17)21(27)28-3/h1,5-10,12-13H,11H2,2-3H3/b19-13-,24-22?. The molecular formula is C22H17BrN2O4S. The van der Waals surface area contributed by atoms with Gasteiger partial charge in [0.25, 0.3) is 5.91 Å². The summed E-state index contributed by atoms with van der Waals surface area (Å²) < 4.78 is 11.1. The fourth-order valence-corrected chi connectivity index (χ4v) is 3.93. The van der Waals surface area contributed by atoms with Crippen LogP contribution in [0.5, 0.6) is 5.75 Å². The molecule has 1 amide bonds. The molecule has 8 heteroatoms. The lowest BCUT2D eigenvalue weighted by Crippen LogP contribution is -2.23. The smallest absolute Gasteiger partial charge is 0.337 e. The zero-order valence-corrected chi connectivity index (χ0v) is 18.6. The average Bonchev–Trinajstić information content (AvgIpc) is 3.01. The van der Waals surface area contributed by atoms with Crippen LogP contribution in [-0.4, -0.2) is 42.7 Å². The summed E-state index contributed by atoms with van der Waals surface area (Å²) in [5.41, 5.74) is 1.78. The van der Waals surface area contributed by atoms with Gasteiger partial charge in [-0.15, -0.1) is 6.42 Å². The highest BCUT2D eigenvalue weighted by molar-refractivity contribution is 9.10. The van der Waals surface area contributed by atoms with Gasteiger partial charge in [0.2, 0.25) is 0 Å². The summed E-state index contributed by atoms with van der Waals surface area (Å²) in [6.45, 7) is 0.132. The Morgan fingerprint density at radius 3 is 2.70 bits per heavy atom. The lowest BCUT2D eigenvalue weighted by molar-refractivity contribution is -0.121. The van der Waals surface area contributed by atoms with Gasteiger partial charge in [0.15, 0.2) is 5.17 Å². The number of carbonyl (C=O) groups is 2. The molecule has 2 aromatic rings. The second-order valence-electron chi connectivity index (χ2n) is 6.08. The Morgan fingerprint density at radius 2 is 2.03 bits per heavy atom. The minimum atomic E-state index is -0.418. The minimum absolute atomic E-state index is 0.132. The van der Waals surface area contributed by atoms with Crippen molar-refractivity contribution in [3.05, 3.63) is 63.0 Å². The van der Waals surface area contributed by atoms with E-state index in [9.17, 15) is 9.59 Å². The molecule has 1 aliphatic rings.